The van der Waals surface area contributed by atoms with Gasteiger partial charge in [0, 0.05) is 0 Å². The van der Waals surface area contributed by atoms with E-state index in [0.29, 0.717) is 17.2 Å². The quantitative estimate of drug-likeness (QED) is 0.894. The van der Waals surface area contributed by atoms with Gasteiger partial charge in [0.2, 0.25) is 0 Å². The Kier molecular flexibility index (Phi) is 3.85. The van der Waals surface area contributed by atoms with E-state index in [0.717, 1.165) is 5.56 Å². The Balaban J connectivity index is 2.18. The van der Waals surface area contributed by atoms with Gasteiger partial charge in [0.25, 0.3) is 0 Å². The number of hydrogen-bond donors (Lipinski definition) is 1. The van der Waals surface area contributed by atoms with E-state index in [4.69, 9.17) is 9.47 Å². The second-order valence-electron chi connectivity index (χ2n) is 4.00. The average molecular weight is 244 g/mol. The molecule has 3 nitrogen and oxygen atoms in total. The molecule has 2 aromatic rings. The molecule has 1 atom stereocenters. The van der Waals surface area contributed by atoms with Crippen LogP contribution >= 0.6 is 0 Å². The van der Waals surface area contributed by atoms with Crippen LogP contribution in [-0.2, 0) is 0 Å². The summed E-state index contributed by atoms with van der Waals surface area (Å²) >= 11 is 0. The highest BCUT2D eigenvalue weighted by Crippen LogP contribution is 2.31. The van der Waals surface area contributed by atoms with Gasteiger partial charge in [-0.2, -0.15) is 0 Å². The van der Waals surface area contributed by atoms with Crippen LogP contribution in [0.3, 0.4) is 0 Å². The van der Waals surface area contributed by atoms with Gasteiger partial charge in [-0.05, 0) is 36.8 Å². The second-order valence-corrected chi connectivity index (χ2v) is 4.00. The maximum Gasteiger partial charge on any atom is 0.169 e. The zero-order valence-corrected chi connectivity index (χ0v) is 10.5. The molecular weight excluding hydrogens is 228 g/mol. The lowest BCUT2D eigenvalue weighted by Crippen LogP contribution is -1.92. The Morgan fingerprint density at radius 1 is 0.944 bits per heavy atom. The van der Waals surface area contributed by atoms with Crippen LogP contribution < -0.4 is 9.47 Å². The highest BCUT2D eigenvalue weighted by molar-refractivity contribution is 5.43. The van der Waals surface area contributed by atoms with Gasteiger partial charge in [-0.3, -0.25) is 0 Å². The van der Waals surface area contributed by atoms with E-state index in [1.807, 2.05) is 48.5 Å². The van der Waals surface area contributed by atoms with Crippen molar-refractivity contribution < 1.29 is 14.6 Å². The van der Waals surface area contributed by atoms with E-state index in [9.17, 15) is 5.11 Å². The van der Waals surface area contributed by atoms with Gasteiger partial charge in [0.05, 0.1) is 13.2 Å². The summed E-state index contributed by atoms with van der Waals surface area (Å²) in [7, 11) is 1.61. The summed E-state index contributed by atoms with van der Waals surface area (Å²) in [6, 6.07) is 14.8. The maximum atomic E-state index is 9.43. The third kappa shape index (κ3) is 2.81. The van der Waals surface area contributed by atoms with Crippen molar-refractivity contribution in [3.05, 3.63) is 54.1 Å². The Morgan fingerprint density at radius 3 is 2.11 bits per heavy atom. The minimum absolute atomic E-state index is 0.467. The summed E-state index contributed by atoms with van der Waals surface area (Å²) in [4.78, 5) is 0. The summed E-state index contributed by atoms with van der Waals surface area (Å²) in [6.45, 7) is 1.73. The van der Waals surface area contributed by atoms with E-state index in [1.54, 1.807) is 14.0 Å². The van der Waals surface area contributed by atoms with Crippen molar-refractivity contribution in [2.24, 2.45) is 0 Å². The van der Waals surface area contributed by atoms with Crippen molar-refractivity contribution in [1.82, 2.24) is 0 Å². The molecule has 2 rings (SSSR count). The van der Waals surface area contributed by atoms with Gasteiger partial charge in [0.15, 0.2) is 11.5 Å². The molecule has 18 heavy (non-hydrogen) atoms. The van der Waals surface area contributed by atoms with E-state index >= 15 is 0 Å². The van der Waals surface area contributed by atoms with Crippen LogP contribution in [0.15, 0.2) is 48.5 Å². The van der Waals surface area contributed by atoms with Crippen LogP contribution in [-0.4, -0.2) is 12.2 Å². The molecule has 0 heterocycles. The predicted molar refractivity (Wildman–Crippen MR) is 70.1 cm³/mol. The number of benzene rings is 2. The summed E-state index contributed by atoms with van der Waals surface area (Å²) in [5, 5.41) is 9.43. The van der Waals surface area contributed by atoms with E-state index in [-0.39, 0.29) is 0 Å². The SMILES string of the molecule is COc1ccccc1Oc1ccc([C@H](C)O)cc1. The molecule has 94 valence electrons. The summed E-state index contributed by atoms with van der Waals surface area (Å²) < 4.78 is 10.9. The van der Waals surface area contributed by atoms with Gasteiger partial charge >= 0.3 is 0 Å². The molecule has 0 amide bonds. The normalized spacial score (nSPS) is 11.9. The Morgan fingerprint density at radius 2 is 1.56 bits per heavy atom. The Hall–Kier alpha value is -2.00. The third-order valence-electron chi connectivity index (χ3n) is 2.66. The Bertz CT molecular complexity index is 503. The van der Waals surface area contributed by atoms with Gasteiger partial charge in [0.1, 0.15) is 5.75 Å². The van der Waals surface area contributed by atoms with Crippen LogP contribution in [0.5, 0.6) is 17.2 Å². The lowest BCUT2D eigenvalue weighted by atomic mass is 10.1. The van der Waals surface area contributed by atoms with Crippen molar-refractivity contribution >= 4 is 0 Å². The van der Waals surface area contributed by atoms with Crippen molar-refractivity contribution in [2.75, 3.05) is 7.11 Å². The van der Waals surface area contributed by atoms with Crippen LogP contribution in [0.2, 0.25) is 0 Å². The zero-order valence-electron chi connectivity index (χ0n) is 10.5. The molecule has 0 unspecified atom stereocenters. The smallest absolute Gasteiger partial charge is 0.169 e. The third-order valence-corrected chi connectivity index (χ3v) is 2.66. The first kappa shape index (κ1) is 12.5. The second kappa shape index (κ2) is 5.56. The standard InChI is InChI=1S/C15H16O3/c1-11(16)12-7-9-13(10-8-12)18-15-6-4-3-5-14(15)17-2/h3-11,16H,1-2H3/t11-/m0/s1. The molecule has 0 aromatic heterocycles. The van der Waals surface area contributed by atoms with Crippen molar-refractivity contribution in [1.29, 1.82) is 0 Å². The van der Waals surface area contributed by atoms with Crippen molar-refractivity contribution in [2.45, 2.75) is 13.0 Å². The minimum atomic E-state index is -0.467. The Labute approximate surface area is 107 Å². The lowest BCUT2D eigenvalue weighted by Gasteiger charge is -2.11. The largest absolute Gasteiger partial charge is 0.493 e. The summed E-state index contributed by atoms with van der Waals surface area (Å²) in [5.74, 6) is 2.07. The van der Waals surface area contributed by atoms with Gasteiger partial charge in [-0.15, -0.1) is 0 Å². The van der Waals surface area contributed by atoms with E-state index in [1.165, 1.54) is 0 Å². The number of hydrogen-bond acceptors (Lipinski definition) is 3. The summed E-state index contributed by atoms with van der Waals surface area (Å²) in [6.07, 6.45) is -0.467. The fourth-order valence-corrected chi connectivity index (χ4v) is 1.64. The predicted octanol–water partition coefficient (Wildman–Crippen LogP) is 3.54. The van der Waals surface area contributed by atoms with Crippen LogP contribution in [0.25, 0.3) is 0 Å². The summed E-state index contributed by atoms with van der Waals surface area (Å²) in [5.41, 5.74) is 0.863. The zero-order chi connectivity index (χ0) is 13.0. The van der Waals surface area contributed by atoms with Gasteiger partial charge in [-0.1, -0.05) is 24.3 Å². The van der Waals surface area contributed by atoms with Crippen LogP contribution in [0, 0.1) is 0 Å². The molecule has 0 radical (unpaired) electrons. The van der Waals surface area contributed by atoms with E-state index in [2.05, 4.69) is 0 Å². The van der Waals surface area contributed by atoms with Gasteiger partial charge in [-0.25, -0.2) is 0 Å². The fourth-order valence-electron chi connectivity index (χ4n) is 1.64. The fraction of sp³-hybridized carbons (Fsp3) is 0.200. The number of ether oxygens (including phenoxy) is 2. The number of para-hydroxylation sites is 2. The monoisotopic (exact) mass is 244 g/mol. The molecule has 0 spiro atoms. The highest BCUT2D eigenvalue weighted by atomic mass is 16.5. The number of aliphatic hydroxyl groups is 1. The average Bonchev–Trinajstić information content (AvgIpc) is 2.40. The van der Waals surface area contributed by atoms with Gasteiger partial charge < -0.3 is 14.6 Å². The van der Waals surface area contributed by atoms with Crippen LogP contribution in [0.4, 0.5) is 0 Å². The number of rotatable bonds is 4. The van der Waals surface area contributed by atoms with Crippen molar-refractivity contribution in [3.63, 3.8) is 0 Å². The topological polar surface area (TPSA) is 38.7 Å². The first-order valence-corrected chi connectivity index (χ1v) is 5.79. The maximum absolute atomic E-state index is 9.43. The number of methoxy groups -OCH3 is 1. The minimum Gasteiger partial charge on any atom is -0.493 e. The molecule has 2 aromatic carbocycles. The molecule has 0 saturated carbocycles. The molecule has 0 aliphatic rings. The molecule has 1 N–H and O–H groups in total. The molecule has 0 saturated heterocycles. The lowest BCUT2D eigenvalue weighted by molar-refractivity contribution is 0.199. The van der Waals surface area contributed by atoms with Crippen molar-refractivity contribution in [3.8, 4) is 17.2 Å². The molecular formula is C15H16O3. The number of aliphatic hydroxyl groups excluding tert-OH is 1. The molecule has 0 fully saturated rings. The molecule has 0 bridgehead atoms. The molecule has 0 aliphatic carbocycles. The van der Waals surface area contributed by atoms with E-state index < -0.39 is 6.10 Å². The molecule has 3 heteroatoms. The first-order valence-electron chi connectivity index (χ1n) is 5.79. The first-order chi connectivity index (χ1) is 8.70. The van der Waals surface area contributed by atoms with Crippen LogP contribution in [0.1, 0.15) is 18.6 Å². The molecule has 0 aliphatic heterocycles. The highest BCUT2D eigenvalue weighted by Gasteiger charge is 2.05.